The quantitative estimate of drug-likeness (QED) is 0.736. The number of ether oxygens (including phenoxy) is 1. The lowest BCUT2D eigenvalue weighted by Crippen LogP contribution is -2.48. The normalized spacial score (nSPS) is 15.8. The molecule has 0 heterocycles. The van der Waals surface area contributed by atoms with Gasteiger partial charge in [0, 0.05) is 11.0 Å². The Bertz CT molecular complexity index is 327. The summed E-state index contributed by atoms with van der Waals surface area (Å²) in [5.74, 6) is -0.510. The van der Waals surface area contributed by atoms with Crippen LogP contribution < -0.4 is 11.1 Å². The van der Waals surface area contributed by atoms with Crippen LogP contribution in [0.1, 0.15) is 48.5 Å². The van der Waals surface area contributed by atoms with Crippen LogP contribution in [0.4, 0.5) is 0 Å². The van der Waals surface area contributed by atoms with Crippen molar-refractivity contribution in [1.29, 1.82) is 0 Å². The molecule has 0 amide bonds. The molecular formula is C14H28N2O3. The van der Waals surface area contributed by atoms with E-state index in [-0.39, 0.29) is 17.9 Å². The molecule has 0 aliphatic heterocycles. The van der Waals surface area contributed by atoms with Crippen LogP contribution in [0.25, 0.3) is 0 Å². The van der Waals surface area contributed by atoms with Crippen LogP contribution >= 0.6 is 0 Å². The van der Waals surface area contributed by atoms with Gasteiger partial charge in [-0.25, -0.2) is 0 Å². The zero-order valence-corrected chi connectivity index (χ0v) is 13.2. The molecule has 0 radical (unpaired) electrons. The van der Waals surface area contributed by atoms with Crippen LogP contribution in [0.3, 0.4) is 0 Å². The summed E-state index contributed by atoms with van der Waals surface area (Å²) in [6.45, 7) is 12.9. The zero-order chi connectivity index (χ0) is 15.4. The lowest BCUT2D eigenvalue weighted by Gasteiger charge is -2.26. The highest BCUT2D eigenvalue weighted by Crippen LogP contribution is 2.16. The molecule has 0 aliphatic rings. The average molecular weight is 272 g/mol. The van der Waals surface area contributed by atoms with E-state index in [1.165, 1.54) is 0 Å². The van der Waals surface area contributed by atoms with Gasteiger partial charge in [-0.3, -0.25) is 14.9 Å². The first kappa shape index (κ1) is 18.1. The van der Waals surface area contributed by atoms with Crippen LogP contribution in [0, 0.1) is 5.41 Å². The molecule has 0 aliphatic carbocycles. The largest absolute Gasteiger partial charge is 0.462 e. The van der Waals surface area contributed by atoms with Gasteiger partial charge in [-0.2, -0.15) is 0 Å². The fraction of sp³-hybridized carbons (Fsp3) is 0.857. The SMILES string of the molecule is C[C@H](NC(C)(C)C)C(=O)OC[C@H](N)C(=O)C(C)(C)C. The molecule has 112 valence electrons. The molecule has 3 N–H and O–H groups in total. The number of hydrogen-bond donors (Lipinski definition) is 2. The first-order valence-electron chi connectivity index (χ1n) is 6.59. The van der Waals surface area contributed by atoms with Gasteiger partial charge in [-0.05, 0) is 27.7 Å². The minimum Gasteiger partial charge on any atom is -0.462 e. The Morgan fingerprint density at radius 2 is 1.63 bits per heavy atom. The van der Waals surface area contributed by atoms with E-state index in [0.717, 1.165) is 0 Å². The predicted octanol–water partition coefficient (Wildman–Crippen LogP) is 1.25. The summed E-state index contributed by atoms with van der Waals surface area (Å²) >= 11 is 0. The maximum absolute atomic E-state index is 11.8. The highest BCUT2D eigenvalue weighted by Gasteiger charge is 2.29. The first-order valence-corrected chi connectivity index (χ1v) is 6.59. The van der Waals surface area contributed by atoms with Crippen molar-refractivity contribution in [1.82, 2.24) is 5.32 Å². The van der Waals surface area contributed by atoms with Crippen LogP contribution in [0.5, 0.6) is 0 Å². The van der Waals surface area contributed by atoms with Gasteiger partial charge in [-0.15, -0.1) is 0 Å². The third-order valence-corrected chi connectivity index (χ3v) is 2.48. The first-order chi connectivity index (χ1) is 8.34. The number of carbonyl (C=O) groups is 2. The highest BCUT2D eigenvalue weighted by molar-refractivity contribution is 5.89. The van der Waals surface area contributed by atoms with Gasteiger partial charge in [0.2, 0.25) is 0 Å². The Labute approximate surface area is 116 Å². The maximum Gasteiger partial charge on any atom is 0.322 e. The molecule has 0 aromatic rings. The molecule has 0 fully saturated rings. The van der Waals surface area contributed by atoms with E-state index < -0.39 is 23.5 Å². The molecule has 0 spiro atoms. The molecule has 0 aromatic carbocycles. The van der Waals surface area contributed by atoms with Gasteiger partial charge in [-0.1, -0.05) is 20.8 Å². The molecule has 19 heavy (non-hydrogen) atoms. The minimum atomic E-state index is -0.772. The van der Waals surface area contributed by atoms with E-state index in [1.807, 2.05) is 20.8 Å². The molecular weight excluding hydrogens is 244 g/mol. The van der Waals surface area contributed by atoms with E-state index in [2.05, 4.69) is 5.32 Å². The summed E-state index contributed by atoms with van der Waals surface area (Å²) in [6, 6.07) is -1.21. The molecule has 0 aromatic heterocycles. The number of esters is 1. The van der Waals surface area contributed by atoms with Crippen LogP contribution in [-0.2, 0) is 14.3 Å². The lowest BCUT2D eigenvalue weighted by molar-refractivity contribution is -0.148. The third-order valence-electron chi connectivity index (χ3n) is 2.48. The van der Waals surface area contributed by atoms with Crippen molar-refractivity contribution in [3.63, 3.8) is 0 Å². The maximum atomic E-state index is 11.8. The smallest absolute Gasteiger partial charge is 0.322 e. The van der Waals surface area contributed by atoms with E-state index >= 15 is 0 Å². The van der Waals surface area contributed by atoms with Crippen molar-refractivity contribution in [2.45, 2.75) is 66.1 Å². The number of Topliss-reactive ketones (excluding diaryl/α,β-unsaturated/α-hetero) is 1. The fourth-order valence-electron chi connectivity index (χ4n) is 1.64. The van der Waals surface area contributed by atoms with Gasteiger partial charge in [0.15, 0.2) is 5.78 Å². The Kier molecular flexibility index (Phi) is 6.16. The van der Waals surface area contributed by atoms with Crippen LogP contribution in [-0.4, -0.2) is 36.0 Å². The third kappa shape index (κ3) is 7.28. The van der Waals surface area contributed by atoms with Crippen LogP contribution in [0.2, 0.25) is 0 Å². The molecule has 0 saturated carbocycles. The topological polar surface area (TPSA) is 81.4 Å². The van der Waals surface area contributed by atoms with Gasteiger partial charge in [0.25, 0.3) is 0 Å². The number of nitrogens with one attached hydrogen (secondary N) is 1. The second-order valence-electron chi connectivity index (χ2n) is 6.97. The number of nitrogens with two attached hydrogens (primary N) is 1. The van der Waals surface area contributed by atoms with E-state index in [0.29, 0.717) is 0 Å². The van der Waals surface area contributed by atoms with Crippen molar-refractivity contribution in [2.24, 2.45) is 11.1 Å². The summed E-state index contributed by atoms with van der Waals surface area (Å²) < 4.78 is 5.08. The van der Waals surface area contributed by atoms with Crippen molar-refractivity contribution >= 4 is 11.8 Å². The minimum absolute atomic E-state index is 0.0783. The zero-order valence-electron chi connectivity index (χ0n) is 13.2. The van der Waals surface area contributed by atoms with Gasteiger partial charge in [0.1, 0.15) is 12.6 Å². The monoisotopic (exact) mass is 272 g/mol. The number of carbonyl (C=O) groups excluding carboxylic acids is 2. The summed E-state index contributed by atoms with van der Waals surface area (Å²) in [6.07, 6.45) is 0. The molecule has 2 atom stereocenters. The van der Waals surface area contributed by atoms with Crippen molar-refractivity contribution in [3.8, 4) is 0 Å². The van der Waals surface area contributed by atoms with Crippen LogP contribution in [0.15, 0.2) is 0 Å². The van der Waals surface area contributed by atoms with Gasteiger partial charge < -0.3 is 10.5 Å². The predicted molar refractivity (Wildman–Crippen MR) is 75.7 cm³/mol. The number of hydrogen-bond acceptors (Lipinski definition) is 5. The highest BCUT2D eigenvalue weighted by atomic mass is 16.5. The Morgan fingerprint density at radius 1 is 1.16 bits per heavy atom. The molecule has 0 unspecified atom stereocenters. The average Bonchev–Trinajstić information content (AvgIpc) is 2.20. The molecule has 0 bridgehead atoms. The summed E-state index contributed by atoms with van der Waals surface area (Å²) in [4.78, 5) is 23.6. The van der Waals surface area contributed by atoms with Crippen molar-refractivity contribution < 1.29 is 14.3 Å². The second-order valence-corrected chi connectivity index (χ2v) is 6.97. The second kappa shape index (κ2) is 6.48. The Hall–Kier alpha value is -0.940. The van der Waals surface area contributed by atoms with Gasteiger partial charge >= 0.3 is 5.97 Å². The Morgan fingerprint density at radius 3 is 2.00 bits per heavy atom. The fourth-order valence-corrected chi connectivity index (χ4v) is 1.64. The molecule has 5 nitrogen and oxygen atoms in total. The summed E-state index contributed by atoms with van der Waals surface area (Å²) in [5, 5.41) is 3.10. The molecule has 5 heteroatoms. The van der Waals surface area contributed by atoms with Gasteiger partial charge in [0.05, 0.1) is 6.04 Å². The van der Waals surface area contributed by atoms with Crippen molar-refractivity contribution in [2.75, 3.05) is 6.61 Å². The lowest BCUT2D eigenvalue weighted by atomic mass is 9.87. The Balaban J connectivity index is 4.27. The number of rotatable bonds is 5. The van der Waals surface area contributed by atoms with E-state index in [4.69, 9.17) is 10.5 Å². The van der Waals surface area contributed by atoms with E-state index in [1.54, 1.807) is 27.7 Å². The van der Waals surface area contributed by atoms with E-state index in [9.17, 15) is 9.59 Å². The molecule has 0 rings (SSSR count). The number of ketones is 1. The standard InChI is InChI=1S/C14H28N2O3/c1-9(16-14(5,6)7)12(18)19-8-10(15)11(17)13(2,3)4/h9-10,16H,8,15H2,1-7H3/t9-,10-/m0/s1. The van der Waals surface area contributed by atoms with Crippen molar-refractivity contribution in [3.05, 3.63) is 0 Å². The summed E-state index contributed by atoms with van der Waals surface area (Å²) in [5.41, 5.74) is 5.03. The summed E-state index contributed by atoms with van der Waals surface area (Å²) in [7, 11) is 0. The molecule has 0 saturated heterocycles.